The van der Waals surface area contributed by atoms with Crippen LogP contribution in [0.25, 0.3) is 10.9 Å². The number of carbonyl (C=O) groups is 1. The molecule has 3 N–H and O–H groups in total. The Morgan fingerprint density at radius 3 is 2.41 bits per heavy atom. The molecule has 1 aliphatic rings. The number of phenols is 2. The lowest BCUT2D eigenvalue weighted by molar-refractivity contribution is 0.0377. The van der Waals surface area contributed by atoms with Crippen molar-refractivity contribution >= 4 is 16.9 Å². The molecule has 1 aliphatic carbocycles. The number of benzene rings is 1. The van der Waals surface area contributed by atoms with Crippen molar-refractivity contribution in [1.82, 2.24) is 4.57 Å². The summed E-state index contributed by atoms with van der Waals surface area (Å²) in [5, 5.41) is 28.8. The Balaban J connectivity index is 1.81. The second-order valence-corrected chi connectivity index (χ2v) is 7.18. The Bertz CT molecular complexity index is 895. The number of nitrogens with zero attached hydrogens (tertiary/aromatic N) is 1. The van der Waals surface area contributed by atoms with Crippen LogP contribution in [0.4, 0.5) is 0 Å². The summed E-state index contributed by atoms with van der Waals surface area (Å²) >= 11 is 0. The molecular formula is C20H25NO6. The van der Waals surface area contributed by atoms with Crippen LogP contribution in [0.5, 0.6) is 11.5 Å². The van der Waals surface area contributed by atoms with Gasteiger partial charge in [0.2, 0.25) is 5.43 Å². The molecule has 7 nitrogen and oxygen atoms in total. The predicted molar refractivity (Wildman–Crippen MR) is 100 cm³/mol. The highest BCUT2D eigenvalue weighted by atomic mass is 16.5. The number of hydrogen-bond donors (Lipinski definition) is 3. The number of aromatic hydroxyl groups is 2. The van der Waals surface area contributed by atoms with Crippen molar-refractivity contribution in [3.8, 4) is 11.5 Å². The molecule has 27 heavy (non-hydrogen) atoms. The second kappa shape index (κ2) is 8.00. The number of aryl methyl sites for hydroxylation is 1. The van der Waals surface area contributed by atoms with Crippen molar-refractivity contribution in [2.75, 3.05) is 13.2 Å². The summed E-state index contributed by atoms with van der Waals surface area (Å²) in [6.07, 6.45) is 5.05. The highest BCUT2D eigenvalue weighted by Crippen LogP contribution is 2.30. The standard InChI is InChI=1S/C20H25NO6/c1-2-21-9-15(19(25)14-7-17(23)18(24)8-16(14)21)20(26)27-11-13-5-3-12(10-22)4-6-13/h7-9,12-13,22-24H,2-6,10-11H2,1H3. The van der Waals surface area contributed by atoms with Crippen LogP contribution in [0.2, 0.25) is 0 Å². The summed E-state index contributed by atoms with van der Waals surface area (Å²) in [5.74, 6) is -0.836. The first-order valence-corrected chi connectivity index (χ1v) is 9.31. The molecule has 146 valence electrons. The van der Waals surface area contributed by atoms with E-state index in [-0.39, 0.29) is 35.8 Å². The lowest BCUT2D eigenvalue weighted by atomic mass is 9.83. The number of pyridine rings is 1. The van der Waals surface area contributed by atoms with Crippen LogP contribution in [-0.2, 0) is 11.3 Å². The first kappa shape index (κ1) is 19.2. The molecule has 2 aromatic rings. The summed E-state index contributed by atoms with van der Waals surface area (Å²) in [6, 6.07) is 2.48. The number of rotatable bonds is 5. The normalized spacial score (nSPS) is 19.9. The van der Waals surface area contributed by atoms with Crippen LogP contribution < -0.4 is 5.43 Å². The fourth-order valence-electron chi connectivity index (χ4n) is 3.67. The highest BCUT2D eigenvalue weighted by Gasteiger charge is 2.23. The molecule has 0 spiro atoms. The molecule has 0 bridgehead atoms. The molecule has 1 saturated carbocycles. The predicted octanol–water partition coefficient (Wildman–Crippen LogP) is 2.39. The van der Waals surface area contributed by atoms with E-state index in [0.29, 0.717) is 18.0 Å². The molecule has 0 aliphatic heterocycles. The number of phenolic OH excluding ortho intramolecular Hbond substituents is 2. The highest BCUT2D eigenvalue weighted by molar-refractivity contribution is 5.94. The van der Waals surface area contributed by atoms with Gasteiger partial charge in [-0.1, -0.05) is 0 Å². The first-order valence-electron chi connectivity index (χ1n) is 9.31. The van der Waals surface area contributed by atoms with E-state index in [0.717, 1.165) is 25.7 Å². The Labute approximate surface area is 156 Å². The summed E-state index contributed by atoms with van der Waals surface area (Å²) < 4.78 is 7.06. The number of carbonyl (C=O) groups excluding carboxylic acids is 1. The van der Waals surface area contributed by atoms with Gasteiger partial charge in [0.15, 0.2) is 11.5 Å². The van der Waals surface area contributed by atoms with E-state index in [4.69, 9.17) is 4.74 Å². The molecule has 0 saturated heterocycles. The Kier molecular flexibility index (Phi) is 5.70. The molecule has 0 atom stereocenters. The molecule has 3 rings (SSSR count). The quantitative estimate of drug-likeness (QED) is 0.547. The van der Waals surface area contributed by atoms with E-state index in [1.807, 2.05) is 6.92 Å². The molecule has 0 amide bonds. The first-order chi connectivity index (χ1) is 12.9. The van der Waals surface area contributed by atoms with Crippen LogP contribution in [0.3, 0.4) is 0 Å². The maximum Gasteiger partial charge on any atom is 0.343 e. The molecule has 1 aromatic heterocycles. The number of aromatic nitrogens is 1. The van der Waals surface area contributed by atoms with Gasteiger partial charge in [0.25, 0.3) is 0 Å². The SMILES string of the molecule is CCn1cc(C(=O)OCC2CCC(CO)CC2)c(=O)c2cc(O)c(O)cc21. The van der Waals surface area contributed by atoms with E-state index in [1.54, 1.807) is 4.57 Å². The zero-order valence-corrected chi connectivity index (χ0v) is 15.4. The van der Waals surface area contributed by atoms with Gasteiger partial charge < -0.3 is 24.6 Å². The third-order valence-electron chi connectivity index (χ3n) is 5.41. The fourth-order valence-corrected chi connectivity index (χ4v) is 3.67. The maximum atomic E-state index is 12.7. The van der Waals surface area contributed by atoms with Crippen molar-refractivity contribution in [1.29, 1.82) is 0 Å². The van der Waals surface area contributed by atoms with Crippen LogP contribution in [0.15, 0.2) is 23.1 Å². The van der Waals surface area contributed by atoms with Crippen molar-refractivity contribution in [3.05, 3.63) is 34.1 Å². The molecular weight excluding hydrogens is 350 g/mol. The van der Waals surface area contributed by atoms with E-state index in [9.17, 15) is 24.9 Å². The summed E-state index contributed by atoms with van der Waals surface area (Å²) in [4.78, 5) is 25.2. The second-order valence-electron chi connectivity index (χ2n) is 7.18. The number of aliphatic hydroxyl groups is 1. The van der Waals surface area contributed by atoms with Gasteiger partial charge in [-0.15, -0.1) is 0 Å². The van der Waals surface area contributed by atoms with Crippen LogP contribution >= 0.6 is 0 Å². The molecule has 0 radical (unpaired) electrons. The largest absolute Gasteiger partial charge is 0.504 e. The Hall–Kier alpha value is -2.54. The molecule has 7 heteroatoms. The summed E-state index contributed by atoms with van der Waals surface area (Å²) in [7, 11) is 0. The zero-order chi connectivity index (χ0) is 19.6. The number of esters is 1. The number of ether oxygens (including phenoxy) is 1. The molecule has 1 heterocycles. The van der Waals surface area contributed by atoms with E-state index in [2.05, 4.69) is 0 Å². The Morgan fingerprint density at radius 1 is 1.15 bits per heavy atom. The number of fused-ring (bicyclic) bond motifs is 1. The zero-order valence-electron chi connectivity index (χ0n) is 15.4. The monoisotopic (exact) mass is 375 g/mol. The van der Waals surface area contributed by atoms with E-state index in [1.165, 1.54) is 18.3 Å². The average molecular weight is 375 g/mol. The summed E-state index contributed by atoms with van der Waals surface area (Å²) in [6.45, 7) is 2.78. The van der Waals surface area contributed by atoms with Gasteiger partial charge in [-0.2, -0.15) is 0 Å². The average Bonchev–Trinajstić information content (AvgIpc) is 2.68. The van der Waals surface area contributed by atoms with Crippen molar-refractivity contribution in [3.63, 3.8) is 0 Å². The van der Waals surface area contributed by atoms with E-state index < -0.39 is 17.1 Å². The third-order valence-corrected chi connectivity index (χ3v) is 5.41. The van der Waals surface area contributed by atoms with Gasteiger partial charge in [-0.3, -0.25) is 4.79 Å². The summed E-state index contributed by atoms with van der Waals surface area (Å²) in [5.41, 5.74) is -0.172. The van der Waals surface area contributed by atoms with Gasteiger partial charge in [-0.25, -0.2) is 4.79 Å². The minimum atomic E-state index is -0.680. The van der Waals surface area contributed by atoms with Crippen molar-refractivity contribution < 1.29 is 24.9 Å². The minimum absolute atomic E-state index is 0.0847. The lowest BCUT2D eigenvalue weighted by Gasteiger charge is -2.26. The molecule has 1 aromatic carbocycles. The van der Waals surface area contributed by atoms with Crippen molar-refractivity contribution in [2.45, 2.75) is 39.2 Å². The number of hydrogen-bond acceptors (Lipinski definition) is 6. The maximum absolute atomic E-state index is 12.7. The topological polar surface area (TPSA) is 109 Å². The van der Waals surface area contributed by atoms with Crippen LogP contribution in [0.1, 0.15) is 43.0 Å². The van der Waals surface area contributed by atoms with Gasteiger partial charge in [0.1, 0.15) is 5.56 Å². The van der Waals surface area contributed by atoms with Crippen molar-refractivity contribution in [2.24, 2.45) is 11.8 Å². The molecule has 0 unspecified atom stereocenters. The van der Waals surface area contributed by atoms with Crippen LogP contribution in [-0.4, -0.2) is 39.1 Å². The Morgan fingerprint density at radius 2 is 1.78 bits per heavy atom. The third kappa shape index (κ3) is 3.93. The smallest absolute Gasteiger partial charge is 0.343 e. The van der Waals surface area contributed by atoms with E-state index >= 15 is 0 Å². The lowest BCUT2D eigenvalue weighted by Crippen LogP contribution is -2.25. The van der Waals surface area contributed by atoms with Gasteiger partial charge in [0, 0.05) is 25.4 Å². The van der Waals surface area contributed by atoms with Gasteiger partial charge >= 0.3 is 5.97 Å². The van der Waals surface area contributed by atoms with Gasteiger partial charge in [-0.05, 0) is 50.5 Å². The number of aliphatic hydroxyl groups excluding tert-OH is 1. The fraction of sp³-hybridized carbons (Fsp3) is 0.500. The molecule has 1 fully saturated rings. The minimum Gasteiger partial charge on any atom is -0.504 e. The van der Waals surface area contributed by atoms with Crippen LogP contribution in [0, 0.1) is 11.8 Å². The van der Waals surface area contributed by atoms with Gasteiger partial charge in [0.05, 0.1) is 17.5 Å².